The second-order valence-corrected chi connectivity index (χ2v) is 4.19. The van der Waals surface area contributed by atoms with Crippen molar-refractivity contribution in [2.24, 2.45) is 0 Å². The van der Waals surface area contributed by atoms with E-state index >= 15 is 0 Å². The molecule has 0 fully saturated rings. The van der Waals surface area contributed by atoms with Crippen molar-refractivity contribution in [2.45, 2.75) is 26.7 Å². The number of hydrogen-bond donors (Lipinski definition) is 1. The van der Waals surface area contributed by atoms with Crippen LogP contribution in [0.5, 0.6) is 0 Å². The second kappa shape index (κ2) is 3.43. The Morgan fingerprint density at radius 3 is 2.67 bits per heavy atom. The summed E-state index contributed by atoms with van der Waals surface area (Å²) in [4.78, 5) is 3.21. The van der Waals surface area contributed by atoms with E-state index in [4.69, 9.17) is 5.26 Å². The lowest BCUT2D eigenvalue weighted by Gasteiger charge is -2.05. The first-order valence-corrected chi connectivity index (χ1v) is 5.16. The molecule has 2 nitrogen and oxygen atoms in total. The molecule has 0 unspecified atom stereocenters. The average Bonchev–Trinajstić information content (AvgIpc) is 2.63. The van der Waals surface area contributed by atoms with Gasteiger partial charge in [-0.25, -0.2) is 0 Å². The lowest BCUT2D eigenvalue weighted by Crippen LogP contribution is -1.87. The zero-order valence-electron chi connectivity index (χ0n) is 9.26. The maximum atomic E-state index is 9.00. The van der Waals surface area contributed by atoms with E-state index in [1.807, 2.05) is 18.3 Å². The topological polar surface area (TPSA) is 39.6 Å². The van der Waals surface area contributed by atoms with E-state index in [0.717, 1.165) is 11.1 Å². The van der Waals surface area contributed by atoms with E-state index in [9.17, 15) is 0 Å². The van der Waals surface area contributed by atoms with E-state index in [0.29, 0.717) is 5.92 Å². The van der Waals surface area contributed by atoms with Crippen LogP contribution in [0.4, 0.5) is 0 Å². The summed E-state index contributed by atoms with van der Waals surface area (Å²) >= 11 is 0. The van der Waals surface area contributed by atoms with E-state index in [-0.39, 0.29) is 0 Å². The van der Waals surface area contributed by atoms with Crippen LogP contribution in [0.25, 0.3) is 10.9 Å². The van der Waals surface area contributed by atoms with Gasteiger partial charge in [-0.05, 0) is 30.0 Å². The molecule has 1 N–H and O–H groups in total. The Balaban J connectivity index is 2.86. The fourth-order valence-electron chi connectivity index (χ4n) is 2.00. The van der Waals surface area contributed by atoms with Crippen molar-refractivity contribution in [3.8, 4) is 6.07 Å². The third kappa shape index (κ3) is 1.41. The predicted octanol–water partition coefficient (Wildman–Crippen LogP) is 3.47. The molecule has 0 bridgehead atoms. The first-order valence-electron chi connectivity index (χ1n) is 5.16. The number of nitrogens with zero attached hydrogens (tertiary/aromatic N) is 1. The van der Waals surface area contributed by atoms with Gasteiger partial charge in [0.25, 0.3) is 0 Å². The van der Waals surface area contributed by atoms with Crippen LogP contribution in [0.15, 0.2) is 18.3 Å². The van der Waals surface area contributed by atoms with Crippen molar-refractivity contribution in [2.75, 3.05) is 0 Å². The molecule has 0 aliphatic rings. The van der Waals surface area contributed by atoms with Gasteiger partial charge in [-0.1, -0.05) is 19.9 Å². The normalized spacial score (nSPS) is 10.9. The third-order valence-corrected chi connectivity index (χ3v) is 2.82. The molecule has 1 aromatic carbocycles. The molecule has 0 saturated carbocycles. The van der Waals surface area contributed by atoms with Gasteiger partial charge in [0, 0.05) is 11.6 Å². The van der Waals surface area contributed by atoms with Crippen LogP contribution in [-0.4, -0.2) is 4.98 Å². The van der Waals surface area contributed by atoms with E-state index < -0.39 is 0 Å². The van der Waals surface area contributed by atoms with Crippen molar-refractivity contribution in [3.05, 3.63) is 35.0 Å². The van der Waals surface area contributed by atoms with Crippen molar-refractivity contribution in [1.29, 1.82) is 5.26 Å². The maximum Gasteiger partial charge on any atom is 0.101 e. The number of aromatic nitrogens is 1. The Hall–Kier alpha value is -1.75. The molecule has 0 saturated heterocycles. The van der Waals surface area contributed by atoms with Gasteiger partial charge in [-0.2, -0.15) is 5.26 Å². The van der Waals surface area contributed by atoms with Crippen LogP contribution in [-0.2, 0) is 0 Å². The molecule has 0 atom stereocenters. The van der Waals surface area contributed by atoms with Gasteiger partial charge < -0.3 is 4.98 Å². The summed E-state index contributed by atoms with van der Waals surface area (Å²) in [5.41, 5.74) is 4.22. The minimum Gasteiger partial charge on any atom is -0.360 e. The van der Waals surface area contributed by atoms with E-state index in [1.54, 1.807) is 0 Å². The quantitative estimate of drug-likeness (QED) is 0.748. The van der Waals surface area contributed by atoms with Crippen molar-refractivity contribution >= 4 is 10.9 Å². The first kappa shape index (κ1) is 9.79. The number of aromatic amines is 1. The molecule has 0 radical (unpaired) electrons. The van der Waals surface area contributed by atoms with Crippen molar-refractivity contribution < 1.29 is 0 Å². The largest absolute Gasteiger partial charge is 0.360 e. The number of fused-ring (bicyclic) bond motifs is 1. The molecule has 1 heterocycles. The van der Waals surface area contributed by atoms with Crippen LogP contribution < -0.4 is 0 Å². The Kier molecular flexibility index (Phi) is 2.24. The van der Waals surface area contributed by atoms with Crippen LogP contribution >= 0.6 is 0 Å². The minimum atomic E-state index is 0.478. The van der Waals surface area contributed by atoms with E-state index in [2.05, 4.69) is 31.8 Å². The average molecular weight is 198 g/mol. The highest BCUT2D eigenvalue weighted by atomic mass is 14.7. The Morgan fingerprint density at radius 2 is 2.07 bits per heavy atom. The van der Waals surface area contributed by atoms with Crippen molar-refractivity contribution in [1.82, 2.24) is 4.98 Å². The third-order valence-electron chi connectivity index (χ3n) is 2.82. The fraction of sp³-hybridized carbons (Fsp3) is 0.308. The highest BCUT2D eigenvalue weighted by molar-refractivity contribution is 5.91. The highest BCUT2D eigenvalue weighted by Gasteiger charge is 2.11. The number of hydrogen-bond acceptors (Lipinski definition) is 1. The van der Waals surface area contributed by atoms with Crippen LogP contribution in [0.3, 0.4) is 0 Å². The molecule has 0 spiro atoms. The van der Waals surface area contributed by atoms with Crippen molar-refractivity contribution in [3.63, 3.8) is 0 Å². The van der Waals surface area contributed by atoms with Gasteiger partial charge in [0.05, 0.1) is 11.1 Å². The summed E-state index contributed by atoms with van der Waals surface area (Å²) in [5, 5.41) is 10.2. The predicted molar refractivity (Wildman–Crippen MR) is 61.8 cm³/mol. The molecule has 2 heteroatoms. The number of nitriles is 1. The monoisotopic (exact) mass is 198 g/mol. The van der Waals surface area contributed by atoms with Gasteiger partial charge >= 0.3 is 0 Å². The Morgan fingerprint density at radius 1 is 1.33 bits per heavy atom. The number of rotatable bonds is 1. The van der Waals surface area contributed by atoms with Gasteiger partial charge in [-0.15, -0.1) is 0 Å². The summed E-state index contributed by atoms with van der Waals surface area (Å²) in [6, 6.07) is 6.11. The lowest BCUT2D eigenvalue weighted by atomic mass is 9.98. The molecular formula is C13H14N2. The molecule has 76 valence electrons. The zero-order valence-corrected chi connectivity index (χ0v) is 9.26. The van der Waals surface area contributed by atoms with Crippen LogP contribution in [0.1, 0.15) is 36.5 Å². The first-order chi connectivity index (χ1) is 7.15. The Labute approximate surface area is 89.5 Å². The number of H-pyrrole nitrogens is 1. The summed E-state index contributed by atoms with van der Waals surface area (Å²) in [5.74, 6) is 0.478. The molecular weight excluding hydrogens is 184 g/mol. The van der Waals surface area contributed by atoms with Gasteiger partial charge in [0.1, 0.15) is 6.07 Å². The summed E-state index contributed by atoms with van der Waals surface area (Å²) < 4.78 is 0. The Bertz CT molecular complexity index is 541. The second-order valence-electron chi connectivity index (χ2n) is 4.19. The molecule has 2 aromatic rings. The smallest absolute Gasteiger partial charge is 0.101 e. The summed E-state index contributed by atoms with van der Waals surface area (Å²) in [6.45, 7) is 6.42. The summed E-state index contributed by atoms with van der Waals surface area (Å²) in [7, 11) is 0. The standard InChI is InChI=1S/C13H14N2/c1-8(2)11-7-15-13-10(6-14)5-4-9(3)12(11)13/h4-5,7-8,15H,1-3H3. The van der Waals surface area contributed by atoms with Gasteiger partial charge in [0.15, 0.2) is 0 Å². The van der Waals surface area contributed by atoms with Crippen LogP contribution in [0.2, 0.25) is 0 Å². The lowest BCUT2D eigenvalue weighted by molar-refractivity contribution is 0.875. The molecule has 0 aliphatic heterocycles. The molecule has 0 aliphatic carbocycles. The van der Waals surface area contributed by atoms with Gasteiger partial charge in [0.2, 0.25) is 0 Å². The zero-order chi connectivity index (χ0) is 11.0. The maximum absolute atomic E-state index is 9.00. The number of benzene rings is 1. The summed E-state index contributed by atoms with van der Waals surface area (Å²) in [6.07, 6.45) is 2.02. The minimum absolute atomic E-state index is 0.478. The fourth-order valence-corrected chi connectivity index (χ4v) is 2.00. The van der Waals surface area contributed by atoms with Crippen LogP contribution in [0, 0.1) is 18.3 Å². The highest BCUT2D eigenvalue weighted by Crippen LogP contribution is 2.29. The molecule has 1 aromatic heterocycles. The number of aryl methyl sites for hydroxylation is 1. The molecule has 2 rings (SSSR count). The molecule has 0 amide bonds. The molecule has 15 heavy (non-hydrogen) atoms. The SMILES string of the molecule is Cc1ccc(C#N)c2[nH]cc(C(C)C)c12. The number of nitrogens with one attached hydrogen (secondary N) is 1. The van der Waals surface area contributed by atoms with E-state index in [1.165, 1.54) is 16.5 Å². The van der Waals surface area contributed by atoms with Gasteiger partial charge in [-0.3, -0.25) is 0 Å².